The van der Waals surface area contributed by atoms with Crippen LogP contribution in [-0.4, -0.2) is 45.2 Å². The Morgan fingerprint density at radius 1 is 1.21 bits per heavy atom. The van der Waals surface area contributed by atoms with Crippen molar-refractivity contribution >= 4 is 34.7 Å². The van der Waals surface area contributed by atoms with E-state index in [1.54, 1.807) is 24.2 Å². The smallest absolute Gasteiger partial charge is 0.314 e. The van der Waals surface area contributed by atoms with Gasteiger partial charge in [0.1, 0.15) is 10.7 Å². The minimum Gasteiger partial charge on any atom is -0.314 e. The molecule has 12 heteroatoms. The van der Waals surface area contributed by atoms with Crippen LogP contribution in [0.1, 0.15) is 42.6 Å². The molecular weight excluding hydrogens is 469 g/mol. The van der Waals surface area contributed by atoms with Crippen LogP contribution in [0.4, 0.5) is 24.5 Å². The molecule has 178 valence electrons. The van der Waals surface area contributed by atoms with Gasteiger partial charge in [-0.2, -0.15) is 17.5 Å². The number of carbonyl (C=O) groups excluding carboxylic acids is 2. The Balaban J connectivity index is 1.67. The summed E-state index contributed by atoms with van der Waals surface area (Å²) in [4.78, 5) is 39.9. The molecule has 0 N–H and O–H groups in total. The summed E-state index contributed by atoms with van der Waals surface area (Å²) in [6, 6.07) is 2.69. The molecule has 4 rings (SSSR count). The molecule has 0 atom stereocenters. The van der Waals surface area contributed by atoms with Crippen LogP contribution in [0, 0.1) is 0 Å². The molecule has 0 aliphatic carbocycles. The third-order valence-corrected chi connectivity index (χ3v) is 6.59. The van der Waals surface area contributed by atoms with E-state index in [1.807, 2.05) is 13.8 Å². The summed E-state index contributed by atoms with van der Waals surface area (Å²) in [6.45, 7) is 4.94. The molecule has 0 aromatic carbocycles. The number of pyridine rings is 2. The summed E-state index contributed by atoms with van der Waals surface area (Å²) in [5.41, 5.74) is 0.690. The Kier molecular flexibility index (Phi) is 5.67. The number of hydrogen-bond donors (Lipinski definition) is 0. The Hall–Kier alpha value is -3.41. The van der Waals surface area contributed by atoms with E-state index in [9.17, 15) is 22.8 Å². The standard InChI is InChI=1S/C22H21F3N6O2S/c1-11(32)30(4)16-6-12(22(23,24)25)9-26-14(16)8-18-28-19(29-34-18)15-7-13-17(10-27-15)31(5)20(33)21(13,2)3/h6-7,9-10H,8H2,1-5H3. The van der Waals surface area contributed by atoms with E-state index < -0.39 is 23.1 Å². The monoisotopic (exact) mass is 490 g/mol. The maximum absolute atomic E-state index is 13.2. The van der Waals surface area contributed by atoms with Crippen LogP contribution in [0.15, 0.2) is 24.5 Å². The zero-order valence-electron chi connectivity index (χ0n) is 19.1. The van der Waals surface area contributed by atoms with Crippen molar-refractivity contribution in [3.63, 3.8) is 0 Å². The lowest BCUT2D eigenvalue weighted by Gasteiger charge is -2.19. The quantitative estimate of drug-likeness (QED) is 0.552. The van der Waals surface area contributed by atoms with E-state index in [4.69, 9.17) is 0 Å². The normalized spacial score (nSPS) is 14.9. The lowest BCUT2D eigenvalue weighted by molar-refractivity contribution is -0.137. The SMILES string of the molecule is CC(=O)N(C)c1cc(C(F)(F)F)cnc1Cc1nc(-c2cc3c(cn2)N(C)C(=O)C3(C)C)ns1. The zero-order valence-corrected chi connectivity index (χ0v) is 19.9. The van der Waals surface area contributed by atoms with Crippen LogP contribution in [-0.2, 0) is 27.6 Å². The predicted molar refractivity (Wildman–Crippen MR) is 121 cm³/mol. The largest absolute Gasteiger partial charge is 0.417 e. The minimum atomic E-state index is -4.59. The lowest BCUT2D eigenvalue weighted by atomic mass is 9.86. The van der Waals surface area contributed by atoms with Gasteiger partial charge in [0.2, 0.25) is 11.8 Å². The molecule has 0 bridgehead atoms. The van der Waals surface area contributed by atoms with Crippen molar-refractivity contribution in [3.8, 4) is 11.5 Å². The first-order valence-electron chi connectivity index (χ1n) is 10.2. The number of hydrogen-bond acceptors (Lipinski definition) is 7. The first kappa shape index (κ1) is 23.7. The summed E-state index contributed by atoms with van der Waals surface area (Å²) in [5.74, 6) is -0.123. The maximum Gasteiger partial charge on any atom is 0.417 e. The average Bonchev–Trinajstić information content (AvgIpc) is 3.30. The zero-order chi connectivity index (χ0) is 25.0. The van der Waals surface area contributed by atoms with Crippen molar-refractivity contribution in [2.75, 3.05) is 23.9 Å². The van der Waals surface area contributed by atoms with Gasteiger partial charge in [0.05, 0.1) is 34.2 Å². The summed E-state index contributed by atoms with van der Waals surface area (Å²) in [5, 5.41) is 0.496. The molecule has 8 nitrogen and oxygen atoms in total. The van der Waals surface area contributed by atoms with Gasteiger partial charge in [-0.1, -0.05) is 0 Å². The first-order chi connectivity index (χ1) is 15.8. The van der Waals surface area contributed by atoms with E-state index in [0.29, 0.717) is 16.5 Å². The molecule has 0 spiro atoms. The van der Waals surface area contributed by atoms with E-state index in [-0.39, 0.29) is 23.7 Å². The molecule has 3 aromatic rings. The third-order valence-electron chi connectivity index (χ3n) is 5.88. The summed E-state index contributed by atoms with van der Waals surface area (Å²) < 4.78 is 43.9. The van der Waals surface area contributed by atoms with Crippen LogP contribution in [0.2, 0.25) is 0 Å². The van der Waals surface area contributed by atoms with Gasteiger partial charge in [-0.25, -0.2) is 4.98 Å². The highest BCUT2D eigenvalue weighted by Gasteiger charge is 2.42. The molecule has 1 aliphatic heterocycles. The van der Waals surface area contributed by atoms with Crippen LogP contribution in [0.5, 0.6) is 0 Å². The summed E-state index contributed by atoms with van der Waals surface area (Å²) >= 11 is 1.07. The summed E-state index contributed by atoms with van der Waals surface area (Å²) in [7, 11) is 3.09. The number of likely N-dealkylation sites (N-methyl/N-ethyl adjacent to an activating group) is 1. The van der Waals surface area contributed by atoms with Gasteiger partial charge in [0, 0.05) is 33.6 Å². The van der Waals surface area contributed by atoms with Crippen molar-refractivity contribution in [2.45, 2.75) is 38.8 Å². The van der Waals surface area contributed by atoms with E-state index in [1.165, 1.54) is 14.0 Å². The van der Waals surface area contributed by atoms with Gasteiger partial charge < -0.3 is 9.80 Å². The molecule has 0 unspecified atom stereocenters. The fourth-order valence-corrected chi connectivity index (χ4v) is 4.44. The number of fused-ring (bicyclic) bond motifs is 1. The van der Waals surface area contributed by atoms with Crippen molar-refractivity contribution in [2.24, 2.45) is 0 Å². The average molecular weight is 491 g/mol. The second-order valence-corrected chi connectivity index (χ2v) is 9.37. The van der Waals surface area contributed by atoms with Crippen LogP contribution >= 0.6 is 11.5 Å². The van der Waals surface area contributed by atoms with Gasteiger partial charge in [-0.05, 0) is 43.1 Å². The third kappa shape index (κ3) is 4.02. The van der Waals surface area contributed by atoms with Gasteiger partial charge in [0.15, 0.2) is 5.82 Å². The number of anilines is 2. The van der Waals surface area contributed by atoms with Crippen LogP contribution in [0.25, 0.3) is 11.5 Å². The van der Waals surface area contributed by atoms with E-state index in [2.05, 4.69) is 19.3 Å². The fraction of sp³-hybridized carbons (Fsp3) is 0.364. The van der Waals surface area contributed by atoms with E-state index in [0.717, 1.165) is 39.9 Å². The highest BCUT2D eigenvalue weighted by Crippen LogP contribution is 2.41. The van der Waals surface area contributed by atoms with Crippen molar-refractivity contribution in [1.29, 1.82) is 0 Å². The Morgan fingerprint density at radius 3 is 2.56 bits per heavy atom. The van der Waals surface area contributed by atoms with Crippen LogP contribution < -0.4 is 9.80 Å². The topological polar surface area (TPSA) is 92.2 Å². The highest BCUT2D eigenvalue weighted by molar-refractivity contribution is 7.05. The Morgan fingerprint density at radius 2 is 1.91 bits per heavy atom. The van der Waals surface area contributed by atoms with Gasteiger partial charge in [-0.3, -0.25) is 19.6 Å². The lowest BCUT2D eigenvalue weighted by Crippen LogP contribution is -2.33. The molecule has 0 saturated heterocycles. The fourth-order valence-electron chi connectivity index (χ4n) is 3.79. The second kappa shape index (κ2) is 8.12. The Bertz CT molecular complexity index is 1300. The highest BCUT2D eigenvalue weighted by atomic mass is 32.1. The molecule has 3 aromatic heterocycles. The van der Waals surface area contributed by atoms with Crippen molar-refractivity contribution in [1.82, 2.24) is 19.3 Å². The number of nitrogens with zero attached hydrogens (tertiary/aromatic N) is 6. The first-order valence-corrected chi connectivity index (χ1v) is 11.0. The number of amides is 2. The van der Waals surface area contributed by atoms with Crippen LogP contribution in [0.3, 0.4) is 0 Å². The number of alkyl halides is 3. The number of halogens is 3. The number of aromatic nitrogens is 4. The summed E-state index contributed by atoms with van der Waals surface area (Å²) in [6.07, 6.45) is -2.15. The Labute approximate surface area is 197 Å². The molecule has 4 heterocycles. The maximum atomic E-state index is 13.2. The molecule has 2 amide bonds. The second-order valence-electron chi connectivity index (χ2n) is 8.53. The predicted octanol–water partition coefficient (Wildman–Crippen LogP) is 3.84. The molecule has 0 fully saturated rings. The molecule has 1 aliphatic rings. The number of rotatable bonds is 4. The molecule has 0 saturated carbocycles. The van der Waals surface area contributed by atoms with Crippen molar-refractivity contribution in [3.05, 3.63) is 46.4 Å². The molecule has 34 heavy (non-hydrogen) atoms. The van der Waals surface area contributed by atoms with Gasteiger partial charge in [-0.15, -0.1) is 0 Å². The molecular formula is C22H21F3N6O2S. The van der Waals surface area contributed by atoms with Gasteiger partial charge >= 0.3 is 6.18 Å². The van der Waals surface area contributed by atoms with Crippen molar-refractivity contribution < 1.29 is 22.8 Å². The van der Waals surface area contributed by atoms with Gasteiger partial charge in [0.25, 0.3) is 0 Å². The number of carbonyl (C=O) groups is 2. The van der Waals surface area contributed by atoms with E-state index >= 15 is 0 Å². The molecule has 0 radical (unpaired) electrons. The minimum absolute atomic E-state index is 0.0381.